The number of anilines is 1. The van der Waals surface area contributed by atoms with Gasteiger partial charge in [0.2, 0.25) is 10.0 Å². The van der Waals surface area contributed by atoms with Gasteiger partial charge in [-0.25, -0.2) is 22.5 Å². The van der Waals surface area contributed by atoms with Crippen molar-refractivity contribution in [1.82, 2.24) is 4.72 Å². The number of rotatable bonds is 8. The molecule has 0 bridgehead atoms. The predicted molar refractivity (Wildman–Crippen MR) is 122 cm³/mol. The zero-order valence-electron chi connectivity index (χ0n) is 17.2. The molecule has 0 aliphatic rings. The molecule has 0 saturated heterocycles. The van der Waals surface area contributed by atoms with E-state index in [0.717, 1.165) is 12.1 Å². The lowest BCUT2D eigenvalue weighted by molar-refractivity contribution is 0.580. The van der Waals surface area contributed by atoms with Crippen LogP contribution in [0.5, 0.6) is 0 Å². The first-order chi connectivity index (χ1) is 14.9. The lowest BCUT2D eigenvalue weighted by atomic mass is 10.1. The quantitative estimate of drug-likeness (QED) is 0.367. The van der Waals surface area contributed by atoms with Gasteiger partial charge in [-0.15, -0.1) is 0 Å². The molecule has 0 heterocycles. The number of aryl methyl sites for hydroxylation is 1. The summed E-state index contributed by atoms with van der Waals surface area (Å²) in [5.74, 6) is -0.175. The van der Waals surface area contributed by atoms with E-state index in [9.17, 15) is 12.8 Å². The van der Waals surface area contributed by atoms with Crippen LogP contribution in [0, 0.1) is 5.82 Å². The summed E-state index contributed by atoms with van der Waals surface area (Å²) in [6.07, 6.45) is 0.959. The van der Waals surface area contributed by atoms with Crippen molar-refractivity contribution in [2.45, 2.75) is 31.3 Å². The van der Waals surface area contributed by atoms with E-state index in [4.69, 9.17) is 5.73 Å². The minimum atomic E-state index is -3.76. The molecule has 6 nitrogen and oxygen atoms in total. The van der Waals surface area contributed by atoms with Crippen LogP contribution in [-0.4, -0.2) is 14.4 Å². The second kappa shape index (κ2) is 10.2. The lowest BCUT2D eigenvalue weighted by Crippen LogP contribution is -2.23. The summed E-state index contributed by atoms with van der Waals surface area (Å²) in [6, 6.07) is 20.1. The highest BCUT2D eigenvalue weighted by Crippen LogP contribution is 2.14. The number of hydrogen-bond acceptors (Lipinski definition) is 3. The fraction of sp³-hybridized carbons (Fsp3) is 0.174. The van der Waals surface area contributed by atoms with E-state index < -0.39 is 15.8 Å². The molecular weight excluding hydrogens is 415 g/mol. The predicted octanol–water partition coefficient (Wildman–Crippen LogP) is 3.79. The highest BCUT2D eigenvalue weighted by atomic mass is 32.2. The zero-order chi connectivity index (χ0) is 22.3. The number of nitrogens with one attached hydrogen (secondary N) is 2. The maximum atomic E-state index is 13.3. The Labute approximate surface area is 182 Å². The Morgan fingerprint density at radius 2 is 1.68 bits per heavy atom. The number of guanidine groups is 1. The topological polar surface area (TPSA) is 96.6 Å². The van der Waals surface area contributed by atoms with Crippen molar-refractivity contribution in [2.75, 3.05) is 5.32 Å². The van der Waals surface area contributed by atoms with Crippen molar-refractivity contribution in [3.8, 4) is 0 Å². The highest BCUT2D eigenvalue weighted by molar-refractivity contribution is 7.89. The molecule has 0 aromatic heterocycles. The van der Waals surface area contributed by atoms with Crippen LogP contribution in [0.4, 0.5) is 10.1 Å². The third-order valence-electron chi connectivity index (χ3n) is 4.63. The number of benzene rings is 3. The summed E-state index contributed by atoms with van der Waals surface area (Å²) in [6.45, 7) is 2.30. The summed E-state index contributed by atoms with van der Waals surface area (Å²) >= 11 is 0. The average molecular weight is 441 g/mol. The normalized spacial score (nSPS) is 12.0. The first-order valence-corrected chi connectivity index (χ1v) is 11.3. The van der Waals surface area contributed by atoms with Crippen molar-refractivity contribution in [2.24, 2.45) is 10.7 Å². The number of nitrogens with two attached hydrogens (primary N) is 1. The Bertz CT molecular complexity index is 1160. The van der Waals surface area contributed by atoms with Crippen molar-refractivity contribution in [3.63, 3.8) is 0 Å². The van der Waals surface area contributed by atoms with Gasteiger partial charge in [0.05, 0.1) is 11.4 Å². The minimum Gasteiger partial charge on any atom is -0.370 e. The second-order valence-electron chi connectivity index (χ2n) is 6.98. The Hall–Kier alpha value is -3.23. The number of nitrogens with zero attached hydrogens (tertiary/aromatic N) is 1. The molecule has 0 atom stereocenters. The first-order valence-electron chi connectivity index (χ1n) is 9.84. The van der Waals surface area contributed by atoms with Crippen LogP contribution in [0.3, 0.4) is 0 Å². The van der Waals surface area contributed by atoms with Crippen LogP contribution in [0.15, 0.2) is 82.7 Å². The van der Waals surface area contributed by atoms with Crippen LogP contribution < -0.4 is 15.8 Å². The van der Waals surface area contributed by atoms with E-state index in [2.05, 4.69) is 22.0 Å². The van der Waals surface area contributed by atoms with Gasteiger partial charge < -0.3 is 11.1 Å². The van der Waals surface area contributed by atoms with E-state index in [1.54, 1.807) is 24.3 Å². The van der Waals surface area contributed by atoms with E-state index >= 15 is 0 Å². The third kappa shape index (κ3) is 6.63. The number of hydrogen-bond donors (Lipinski definition) is 3. The lowest BCUT2D eigenvalue weighted by Gasteiger charge is -2.09. The Morgan fingerprint density at radius 3 is 2.39 bits per heavy atom. The molecule has 0 amide bonds. The number of sulfonamides is 1. The van der Waals surface area contributed by atoms with Gasteiger partial charge in [-0.3, -0.25) is 0 Å². The van der Waals surface area contributed by atoms with Crippen LogP contribution >= 0.6 is 0 Å². The van der Waals surface area contributed by atoms with E-state index in [1.165, 1.54) is 29.8 Å². The number of aliphatic imine (C=N–C) groups is 1. The molecule has 3 rings (SSSR count). The molecule has 3 aromatic carbocycles. The Kier molecular flexibility index (Phi) is 7.38. The van der Waals surface area contributed by atoms with Gasteiger partial charge in [-0.1, -0.05) is 43.3 Å². The molecule has 8 heteroatoms. The summed E-state index contributed by atoms with van der Waals surface area (Å²) < 4.78 is 41.0. The third-order valence-corrected chi connectivity index (χ3v) is 6.03. The van der Waals surface area contributed by atoms with Gasteiger partial charge in [0, 0.05) is 12.2 Å². The standard InChI is InChI=1S/C23H25FN4O2S/c1-2-17-9-11-21(12-10-17)28-23(25)26-15-19-6-4-8-22(14-19)31(29,30)27-16-18-5-3-7-20(24)13-18/h3-14,27H,2,15-16H2,1H3,(H3,25,26,28). The van der Waals surface area contributed by atoms with Gasteiger partial charge in [-0.05, 0) is 59.5 Å². The SMILES string of the molecule is CCc1ccc(NC(N)=NCc2cccc(S(=O)(=O)NCc3cccc(F)c3)c2)cc1. The van der Waals surface area contributed by atoms with Gasteiger partial charge >= 0.3 is 0 Å². The summed E-state index contributed by atoms with van der Waals surface area (Å²) in [5, 5.41) is 3.02. The first kappa shape index (κ1) is 22.5. The minimum absolute atomic E-state index is 0.00381. The molecule has 31 heavy (non-hydrogen) atoms. The molecule has 0 aliphatic heterocycles. The molecule has 0 unspecified atom stereocenters. The largest absolute Gasteiger partial charge is 0.370 e. The van der Waals surface area contributed by atoms with E-state index in [1.807, 2.05) is 24.3 Å². The average Bonchev–Trinajstić information content (AvgIpc) is 2.77. The molecule has 0 aliphatic carbocycles. The molecule has 162 valence electrons. The molecule has 0 saturated carbocycles. The van der Waals surface area contributed by atoms with Crippen LogP contribution in [0.25, 0.3) is 0 Å². The number of halogens is 1. The van der Waals surface area contributed by atoms with Crippen molar-refractivity contribution >= 4 is 21.7 Å². The van der Waals surface area contributed by atoms with Gasteiger partial charge in [-0.2, -0.15) is 0 Å². The monoisotopic (exact) mass is 440 g/mol. The fourth-order valence-electron chi connectivity index (χ4n) is 2.91. The molecule has 3 aromatic rings. The summed E-state index contributed by atoms with van der Waals surface area (Å²) in [7, 11) is -3.76. The van der Waals surface area contributed by atoms with Gasteiger partial charge in [0.15, 0.2) is 5.96 Å². The van der Waals surface area contributed by atoms with Crippen LogP contribution in [0.1, 0.15) is 23.6 Å². The second-order valence-corrected chi connectivity index (χ2v) is 8.75. The maximum Gasteiger partial charge on any atom is 0.240 e. The Morgan fingerprint density at radius 1 is 0.968 bits per heavy atom. The molecule has 0 fully saturated rings. The Balaban J connectivity index is 1.63. The maximum absolute atomic E-state index is 13.3. The summed E-state index contributed by atoms with van der Waals surface area (Å²) in [4.78, 5) is 4.39. The van der Waals surface area contributed by atoms with Crippen molar-refractivity contribution in [3.05, 3.63) is 95.3 Å². The summed E-state index contributed by atoms with van der Waals surface area (Å²) in [5.41, 5.74) is 9.24. The van der Waals surface area contributed by atoms with Crippen molar-refractivity contribution in [1.29, 1.82) is 0 Å². The molecule has 4 N–H and O–H groups in total. The van der Waals surface area contributed by atoms with Crippen molar-refractivity contribution < 1.29 is 12.8 Å². The molecule has 0 spiro atoms. The van der Waals surface area contributed by atoms with Crippen LogP contribution in [-0.2, 0) is 29.5 Å². The smallest absolute Gasteiger partial charge is 0.240 e. The molecule has 0 radical (unpaired) electrons. The fourth-order valence-corrected chi connectivity index (χ4v) is 3.99. The van der Waals surface area contributed by atoms with E-state index in [-0.39, 0.29) is 23.9 Å². The van der Waals surface area contributed by atoms with Gasteiger partial charge in [0.25, 0.3) is 0 Å². The zero-order valence-corrected chi connectivity index (χ0v) is 18.0. The van der Waals surface area contributed by atoms with Crippen LogP contribution in [0.2, 0.25) is 0 Å². The highest BCUT2D eigenvalue weighted by Gasteiger charge is 2.14. The van der Waals surface area contributed by atoms with Gasteiger partial charge in [0.1, 0.15) is 5.82 Å². The van der Waals surface area contributed by atoms with E-state index in [0.29, 0.717) is 11.1 Å². The molecular formula is C23H25FN4O2S.